The Labute approximate surface area is 185 Å². The van der Waals surface area contributed by atoms with Crippen molar-refractivity contribution in [2.75, 3.05) is 0 Å². The molecule has 32 heavy (non-hydrogen) atoms. The van der Waals surface area contributed by atoms with E-state index >= 15 is 0 Å². The molecule has 0 aliphatic carbocycles. The number of hydrogen-bond acceptors (Lipinski definition) is 3. The van der Waals surface area contributed by atoms with Crippen LogP contribution in [0.25, 0.3) is 54.8 Å². The molecule has 0 bridgehead atoms. The molecule has 2 heterocycles. The topological polar surface area (TPSA) is 74.4 Å². The van der Waals surface area contributed by atoms with Crippen molar-refractivity contribution >= 4 is 32.3 Å². The van der Waals surface area contributed by atoms with Crippen molar-refractivity contribution in [2.24, 2.45) is 0 Å². The smallest absolute Gasteiger partial charge is 0.194 e. The van der Waals surface area contributed by atoms with Gasteiger partial charge >= 0.3 is 0 Å². The van der Waals surface area contributed by atoms with E-state index in [1.807, 2.05) is 24.5 Å². The van der Waals surface area contributed by atoms with Crippen molar-refractivity contribution in [2.45, 2.75) is 39.5 Å². The highest BCUT2D eigenvalue weighted by Gasteiger charge is 2.19. The first-order chi connectivity index (χ1) is 15.4. The number of aromatic amines is 2. The van der Waals surface area contributed by atoms with Gasteiger partial charge < -0.3 is 9.97 Å². The van der Waals surface area contributed by atoms with Gasteiger partial charge in [0.25, 0.3) is 0 Å². The second-order valence-corrected chi connectivity index (χ2v) is 9.31. The van der Waals surface area contributed by atoms with Crippen molar-refractivity contribution in [3.63, 3.8) is 0 Å². The number of benzene rings is 3. The zero-order chi connectivity index (χ0) is 22.1. The van der Waals surface area contributed by atoms with Crippen molar-refractivity contribution in [1.82, 2.24) is 19.9 Å². The zero-order valence-electron chi connectivity index (χ0n) is 18.6. The van der Waals surface area contributed by atoms with Crippen LogP contribution in [0.2, 0.25) is 0 Å². The van der Waals surface area contributed by atoms with E-state index in [0.29, 0.717) is 11.8 Å². The fraction of sp³-hybridized carbons (Fsp3) is 0.222. The van der Waals surface area contributed by atoms with Crippen molar-refractivity contribution in [3.8, 4) is 22.5 Å². The van der Waals surface area contributed by atoms with Gasteiger partial charge in [-0.1, -0.05) is 39.8 Å². The molecule has 158 valence electrons. The Bertz CT molecular complexity index is 1530. The summed E-state index contributed by atoms with van der Waals surface area (Å²) in [6, 6.07) is 12.5. The fourth-order valence-electron chi connectivity index (χ4n) is 4.70. The third-order valence-corrected chi connectivity index (χ3v) is 6.43. The van der Waals surface area contributed by atoms with Crippen molar-refractivity contribution < 1.29 is 0 Å². The van der Waals surface area contributed by atoms with Gasteiger partial charge in [0.15, 0.2) is 5.43 Å². The summed E-state index contributed by atoms with van der Waals surface area (Å²) in [6.45, 7) is 8.45. The highest BCUT2D eigenvalue weighted by Crippen LogP contribution is 2.38. The summed E-state index contributed by atoms with van der Waals surface area (Å²) in [5.74, 6) is 2.54. The predicted molar refractivity (Wildman–Crippen MR) is 131 cm³/mol. The Morgan fingerprint density at radius 3 is 1.50 bits per heavy atom. The van der Waals surface area contributed by atoms with E-state index in [-0.39, 0.29) is 5.43 Å². The van der Waals surface area contributed by atoms with Crippen LogP contribution in [0.15, 0.2) is 53.6 Å². The number of H-pyrrole nitrogens is 2. The summed E-state index contributed by atoms with van der Waals surface area (Å²) in [7, 11) is 0. The summed E-state index contributed by atoms with van der Waals surface area (Å²) in [6.07, 6.45) is 3.72. The molecule has 0 spiro atoms. The van der Waals surface area contributed by atoms with Gasteiger partial charge in [-0.15, -0.1) is 0 Å². The lowest BCUT2D eigenvalue weighted by Crippen LogP contribution is -1.95. The van der Waals surface area contributed by atoms with Crippen LogP contribution in [-0.2, 0) is 0 Å². The molecule has 6 rings (SSSR count). The first-order valence-electron chi connectivity index (χ1n) is 11.1. The van der Waals surface area contributed by atoms with E-state index in [4.69, 9.17) is 0 Å². The minimum atomic E-state index is 0.0806. The van der Waals surface area contributed by atoms with Crippen LogP contribution in [0.5, 0.6) is 0 Å². The maximum Gasteiger partial charge on any atom is 0.194 e. The SMILES string of the molecule is CC(C)c1ncc(-c2cc3ccc4cc(-c5cnc(C(C)C)[nH]5)cc5c(=O)c(c2)c3c45)[nH]1. The second-order valence-electron chi connectivity index (χ2n) is 9.31. The van der Waals surface area contributed by atoms with Gasteiger partial charge in [0.05, 0.1) is 23.8 Å². The maximum absolute atomic E-state index is 13.5. The average molecular weight is 421 g/mol. The monoisotopic (exact) mass is 420 g/mol. The van der Waals surface area contributed by atoms with E-state index < -0.39 is 0 Å². The Kier molecular flexibility index (Phi) is 3.94. The molecule has 0 saturated carbocycles. The quantitative estimate of drug-likeness (QED) is 0.324. The van der Waals surface area contributed by atoms with Gasteiger partial charge in [-0.2, -0.15) is 0 Å². The average Bonchev–Trinajstić information content (AvgIpc) is 3.51. The van der Waals surface area contributed by atoms with Crippen LogP contribution in [0, 0.1) is 0 Å². The van der Waals surface area contributed by atoms with Crippen LogP contribution < -0.4 is 5.43 Å². The number of hydrogen-bond donors (Lipinski definition) is 2. The van der Waals surface area contributed by atoms with Crippen molar-refractivity contribution in [1.29, 1.82) is 0 Å². The molecular weight excluding hydrogens is 396 g/mol. The molecule has 0 radical (unpaired) electrons. The molecule has 5 heteroatoms. The summed E-state index contributed by atoms with van der Waals surface area (Å²) in [5.41, 5.74) is 3.94. The molecule has 0 saturated heterocycles. The normalized spacial score (nSPS) is 12.4. The lowest BCUT2D eigenvalue weighted by atomic mass is 9.97. The Morgan fingerprint density at radius 2 is 1.12 bits per heavy atom. The number of nitrogens with zero attached hydrogens (tertiary/aromatic N) is 2. The third kappa shape index (κ3) is 2.67. The molecule has 0 atom stereocenters. The molecular formula is C27H24N4O. The van der Waals surface area contributed by atoms with Crippen LogP contribution in [0.3, 0.4) is 0 Å². The van der Waals surface area contributed by atoms with E-state index in [2.05, 4.69) is 71.9 Å². The lowest BCUT2D eigenvalue weighted by Gasteiger charge is -2.07. The van der Waals surface area contributed by atoms with Gasteiger partial charge in [0, 0.05) is 44.5 Å². The summed E-state index contributed by atoms with van der Waals surface area (Å²) in [4.78, 5) is 29.4. The zero-order valence-corrected chi connectivity index (χ0v) is 18.6. The molecule has 6 aromatic rings. The Morgan fingerprint density at radius 1 is 0.688 bits per heavy atom. The number of rotatable bonds is 4. The highest BCUT2D eigenvalue weighted by molar-refractivity contribution is 6.27. The van der Waals surface area contributed by atoms with Crippen LogP contribution in [0.1, 0.15) is 51.2 Å². The molecule has 0 amide bonds. The third-order valence-electron chi connectivity index (χ3n) is 6.43. The molecule has 2 N–H and O–H groups in total. The molecule has 0 fully saturated rings. The van der Waals surface area contributed by atoms with Crippen LogP contribution in [-0.4, -0.2) is 19.9 Å². The maximum atomic E-state index is 13.5. The molecule has 0 aliphatic rings. The molecule has 2 aromatic heterocycles. The second kappa shape index (κ2) is 6.63. The molecule has 4 aromatic carbocycles. The number of nitrogens with one attached hydrogen (secondary N) is 2. The predicted octanol–water partition coefficient (Wildman–Crippen LogP) is 6.41. The summed E-state index contributed by atoms with van der Waals surface area (Å²) >= 11 is 0. The van der Waals surface area contributed by atoms with E-state index in [9.17, 15) is 4.79 Å². The van der Waals surface area contributed by atoms with E-state index in [1.54, 1.807) is 0 Å². The minimum Gasteiger partial charge on any atom is -0.342 e. The van der Waals surface area contributed by atoms with Gasteiger partial charge in [-0.3, -0.25) is 4.79 Å². The first kappa shape index (κ1) is 19.0. The Balaban J connectivity index is 1.59. The van der Waals surface area contributed by atoms with E-state index in [1.165, 1.54) is 0 Å². The Hall–Kier alpha value is -3.73. The largest absolute Gasteiger partial charge is 0.342 e. The number of imidazole rings is 2. The van der Waals surface area contributed by atoms with Crippen LogP contribution in [0.4, 0.5) is 0 Å². The lowest BCUT2D eigenvalue weighted by molar-refractivity contribution is 0.795. The van der Waals surface area contributed by atoms with Crippen molar-refractivity contribution in [3.05, 3.63) is 70.7 Å². The van der Waals surface area contributed by atoms with Gasteiger partial charge in [-0.05, 0) is 35.0 Å². The summed E-state index contributed by atoms with van der Waals surface area (Å²) < 4.78 is 0. The standard InChI is InChI=1S/C27H24N4O/c1-13(2)26-28-11-21(30-26)17-7-15-5-6-16-8-18(22-12-29-27(31-22)14(3)4)10-20-24(16)23(15)19(9-17)25(20)32/h5-14H,1-4H3,(H,28,30)(H,29,31). The van der Waals surface area contributed by atoms with Gasteiger partial charge in [0.1, 0.15) is 11.6 Å². The first-order valence-corrected chi connectivity index (χ1v) is 11.1. The van der Waals surface area contributed by atoms with Gasteiger partial charge in [-0.25, -0.2) is 9.97 Å². The summed E-state index contributed by atoms with van der Waals surface area (Å²) in [5, 5.41) is 5.79. The molecule has 5 nitrogen and oxygen atoms in total. The van der Waals surface area contributed by atoms with E-state index in [0.717, 1.165) is 66.5 Å². The molecule has 0 unspecified atom stereocenters. The highest BCUT2D eigenvalue weighted by atomic mass is 16.1. The number of aromatic nitrogens is 4. The molecule has 0 aliphatic heterocycles. The van der Waals surface area contributed by atoms with Gasteiger partial charge in [0.2, 0.25) is 0 Å². The van der Waals surface area contributed by atoms with Crippen LogP contribution >= 0.6 is 0 Å². The minimum absolute atomic E-state index is 0.0806. The fourth-order valence-corrected chi connectivity index (χ4v) is 4.70.